The molecule has 7 rings (SSSR count). The van der Waals surface area contributed by atoms with Crippen molar-refractivity contribution in [2.45, 2.75) is 110 Å². The smallest absolute Gasteiger partial charge is 0.245 e. The zero-order valence-electron chi connectivity index (χ0n) is 27.9. The number of aromatic nitrogens is 3. The van der Waals surface area contributed by atoms with Gasteiger partial charge in [-0.2, -0.15) is 5.10 Å². The standard InChI is InChI=1S/C37H46N6O4/c1-23-12-13-24(2)39-29(23)18-31(45)30-19-37-20-32(37)43(30)34(47)21-42-36-26(10-6-4-5-7-11-33(46)38-22-37)16-27(41-14-8-9-15-41)17-28(36)35(40-42)25(3)44/h12-13,16-17,30,32H,4-11,14-15,18-22H2,1-3H3,(H,38,46)/t30-,32+,37-/m0/s1. The molecule has 10 nitrogen and oxygen atoms in total. The number of nitrogens with one attached hydrogen (secondary N) is 1. The highest BCUT2D eigenvalue weighted by Crippen LogP contribution is 2.59. The van der Waals surface area contributed by atoms with E-state index in [9.17, 15) is 19.2 Å². The maximum atomic E-state index is 14.4. The second-order valence-electron chi connectivity index (χ2n) is 14.4. The van der Waals surface area contributed by atoms with E-state index < -0.39 is 6.04 Å². The fourth-order valence-electron chi connectivity index (χ4n) is 8.30. The molecule has 2 aromatic heterocycles. The summed E-state index contributed by atoms with van der Waals surface area (Å²) in [5.41, 5.74) is 5.67. The number of carbonyl (C=O) groups is 4. The third-order valence-corrected chi connectivity index (χ3v) is 11.0. The van der Waals surface area contributed by atoms with Crippen molar-refractivity contribution in [3.8, 4) is 0 Å². The topological polar surface area (TPSA) is 118 Å². The number of hydrogen-bond donors (Lipinski definition) is 1. The number of carbonyl (C=O) groups excluding carboxylic acids is 4. The van der Waals surface area contributed by atoms with Crippen molar-refractivity contribution in [2.24, 2.45) is 5.41 Å². The Bertz CT molecular complexity index is 1760. The lowest BCUT2D eigenvalue weighted by atomic mass is 9.94. The summed E-state index contributed by atoms with van der Waals surface area (Å²) >= 11 is 0. The maximum Gasteiger partial charge on any atom is 0.245 e. The van der Waals surface area contributed by atoms with Gasteiger partial charge >= 0.3 is 0 Å². The van der Waals surface area contributed by atoms with Gasteiger partial charge in [0.15, 0.2) is 11.6 Å². The molecule has 47 heavy (non-hydrogen) atoms. The Balaban J connectivity index is 1.27. The Labute approximate surface area is 276 Å². The van der Waals surface area contributed by atoms with E-state index in [1.807, 2.05) is 26.0 Å². The molecule has 3 aliphatic heterocycles. The first-order valence-electron chi connectivity index (χ1n) is 17.5. The molecule has 10 heteroatoms. The Morgan fingerprint density at radius 2 is 1.74 bits per heavy atom. The first-order valence-corrected chi connectivity index (χ1v) is 17.5. The Hall–Kier alpha value is -4.08. The minimum Gasteiger partial charge on any atom is -0.372 e. The van der Waals surface area contributed by atoms with Gasteiger partial charge in [0.25, 0.3) is 0 Å². The van der Waals surface area contributed by atoms with Crippen LogP contribution in [0.1, 0.15) is 97.7 Å². The number of rotatable bonds is 5. The highest BCUT2D eigenvalue weighted by atomic mass is 16.2. The SMILES string of the molecule is CC(=O)c1nn2c3c(cc(N4CCCC4)cc13)CCCCCCC(=O)NC[C@@]13C[C@@H](C(=O)Cc4nc(C)ccc4C)N(C(=O)C2)[C@@H]1C3. The lowest BCUT2D eigenvalue weighted by Crippen LogP contribution is -2.45. The normalized spacial score (nSPS) is 25.1. The lowest BCUT2D eigenvalue weighted by Gasteiger charge is -2.27. The van der Waals surface area contributed by atoms with E-state index in [4.69, 9.17) is 5.10 Å². The molecular weight excluding hydrogens is 592 g/mol. The number of anilines is 1. The van der Waals surface area contributed by atoms with Crippen LogP contribution in [0.3, 0.4) is 0 Å². The second kappa shape index (κ2) is 12.5. The predicted octanol–water partition coefficient (Wildman–Crippen LogP) is 4.65. The zero-order valence-corrected chi connectivity index (χ0v) is 27.9. The fourth-order valence-corrected chi connectivity index (χ4v) is 8.30. The van der Waals surface area contributed by atoms with Crippen LogP contribution in [-0.4, -0.2) is 74.8 Å². The van der Waals surface area contributed by atoms with Gasteiger partial charge in [-0.1, -0.05) is 18.9 Å². The molecule has 0 unspecified atom stereocenters. The minimum atomic E-state index is -0.603. The van der Waals surface area contributed by atoms with Gasteiger partial charge in [-0.3, -0.25) is 28.8 Å². The summed E-state index contributed by atoms with van der Waals surface area (Å²) in [4.78, 5) is 63.0. The average molecular weight is 639 g/mol. The molecule has 3 atom stereocenters. The summed E-state index contributed by atoms with van der Waals surface area (Å²) in [6.45, 7) is 7.80. The molecule has 3 fully saturated rings. The molecule has 1 saturated carbocycles. The van der Waals surface area contributed by atoms with E-state index in [0.29, 0.717) is 25.1 Å². The Morgan fingerprint density at radius 1 is 0.979 bits per heavy atom. The second-order valence-corrected chi connectivity index (χ2v) is 14.4. The third-order valence-electron chi connectivity index (χ3n) is 11.0. The van der Waals surface area contributed by atoms with Gasteiger partial charge in [0.1, 0.15) is 12.2 Å². The molecule has 0 spiro atoms. The van der Waals surface area contributed by atoms with E-state index in [2.05, 4.69) is 27.3 Å². The largest absolute Gasteiger partial charge is 0.372 e. The number of aryl methyl sites for hydroxylation is 3. The van der Waals surface area contributed by atoms with E-state index in [1.54, 1.807) is 9.58 Å². The van der Waals surface area contributed by atoms with Crippen molar-refractivity contribution in [1.29, 1.82) is 0 Å². The van der Waals surface area contributed by atoms with Gasteiger partial charge in [0.05, 0.1) is 23.7 Å². The number of Topliss-reactive ketones (excluding diaryl/α,β-unsaturated/α-hetero) is 2. The van der Waals surface area contributed by atoms with Crippen LogP contribution in [0.25, 0.3) is 10.9 Å². The Kier molecular flexibility index (Phi) is 8.39. The number of hydrogen-bond acceptors (Lipinski definition) is 7. The maximum absolute atomic E-state index is 14.4. The highest BCUT2D eigenvalue weighted by Gasteiger charge is 2.66. The Morgan fingerprint density at radius 3 is 2.51 bits per heavy atom. The van der Waals surface area contributed by atoms with Crippen LogP contribution in [0.2, 0.25) is 0 Å². The van der Waals surface area contributed by atoms with E-state index in [1.165, 1.54) is 6.92 Å². The molecule has 1 aromatic carbocycles. The summed E-state index contributed by atoms with van der Waals surface area (Å²) in [6.07, 6.45) is 8.72. The molecule has 1 aliphatic carbocycles. The molecular formula is C37H46N6O4. The van der Waals surface area contributed by atoms with Crippen LogP contribution in [0.4, 0.5) is 5.69 Å². The van der Waals surface area contributed by atoms with E-state index in [-0.39, 0.29) is 47.8 Å². The van der Waals surface area contributed by atoms with Crippen molar-refractivity contribution < 1.29 is 19.2 Å². The molecule has 248 valence electrons. The van der Waals surface area contributed by atoms with Gasteiger partial charge in [-0.05, 0) is 88.1 Å². The van der Waals surface area contributed by atoms with Crippen molar-refractivity contribution in [3.05, 3.63) is 52.5 Å². The summed E-state index contributed by atoms with van der Waals surface area (Å²) < 4.78 is 1.73. The number of ketones is 2. The van der Waals surface area contributed by atoms with E-state index in [0.717, 1.165) is 104 Å². The first-order chi connectivity index (χ1) is 22.6. The molecule has 5 heterocycles. The predicted molar refractivity (Wildman–Crippen MR) is 179 cm³/mol. The summed E-state index contributed by atoms with van der Waals surface area (Å²) in [7, 11) is 0. The summed E-state index contributed by atoms with van der Waals surface area (Å²) in [5, 5.41) is 8.74. The van der Waals surface area contributed by atoms with Gasteiger partial charge in [-0.15, -0.1) is 0 Å². The van der Waals surface area contributed by atoms with Crippen molar-refractivity contribution in [1.82, 2.24) is 25.0 Å². The van der Waals surface area contributed by atoms with Crippen LogP contribution in [0.5, 0.6) is 0 Å². The van der Waals surface area contributed by atoms with Crippen LogP contribution >= 0.6 is 0 Å². The van der Waals surface area contributed by atoms with Gasteiger partial charge in [0, 0.05) is 61.2 Å². The molecule has 0 radical (unpaired) electrons. The van der Waals surface area contributed by atoms with Crippen LogP contribution in [-0.2, 0) is 33.8 Å². The highest BCUT2D eigenvalue weighted by molar-refractivity contribution is 6.07. The average Bonchev–Trinajstić information content (AvgIpc) is 3.41. The van der Waals surface area contributed by atoms with Gasteiger partial charge in [0.2, 0.25) is 11.8 Å². The molecule has 3 aromatic rings. The van der Waals surface area contributed by atoms with Crippen molar-refractivity contribution >= 4 is 40.0 Å². The molecule has 1 N–H and O–H groups in total. The fraction of sp³-hybridized carbons (Fsp3) is 0.568. The zero-order chi connectivity index (χ0) is 32.9. The third kappa shape index (κ3) is 6.07. The van der Waals surface area contributed by atoms with Crippen LogP contribution in [0.15, 0.2) is 24.3 Å². The molecule has 2 bridgehead atoms. The quantitative estimate of drug-likeness (QED) is 0.405. The van der Waals surface area contributed by atoms with E-state index >= 15 is 0 Å². The van der Waals surface area contributed by atoms with Crippen molar-refractivity contribution in [2.75, 3.05) is 24.5 Å². The van der Waals surface area contributed by atoms with Crippen molar-refractivity contribution in [3.63, 3.8) is 0 Å². The number of nitrogens with zero attached hydrogens (tertiary/aromatic N) is 5. The molecule has 4 aliphatic rings. The number of pyridine rings is 1. The number of amides is 2. The first kappa shape index (κ1) is 31.5. The lowest BCUT2D eigenvalue weighted by molar-refractivity contribution is -0.139. The number of piperidine rings is 1. The molecule has 2 saturated heterocycles. The van der Waals surface area contributed by atoms with Crippen LogP contribution < -0.4 is 10.2 Å². The van der Waals surface area contributed by atoms with Gasteiger partial charge < -0.3 is 15.1 Å². The van der Waals surface area contributed by atoms with Gasteiger partial charge in [-0.25, -0.2) is 0 Å². The minimum absolute atomic E-state index is 0.0300. The summed E-state index contributed by atoms with van der Waals surface area (Å²) in [6, 6.07) is 7.50. The molecule has 2 amide bonds. The monoisotopic (exact) mass is 638 g/mol. The summed E-state index contributed by atoms with van der Waals surface area (Å²) in [5.74, 6) is -0.289. The van der Waals surface area contributed by atoms with Crippen LogP contribution in [0, 0.1) is 19.3 Å². The number of benzene rings is 1.